The molecule has 1 aliphatic heterocycles. The number of esters is 1. The van der Waals surface area contributed by atoms with Crippen LogP contribution in [0.3, 0.4) is 0 Å². The van der Waals surface area contributed by atoms with Crippen LogP contribution in [0.5, 0.6) is 0 Å². The maximum absolute atomic E-state index is 12.4. The van der Waals surface area contributed by atoms with Crippen LogP contribution in [0.1, 0.15) is 18.5 Å². The lowest BCUT2D eigenvalue weighted by atomic mass is 9.85. The van der Waals surface area contributed by atoms with Crippen molar-refractivity contribution in [2.75, 3.05) is 6.54 Å². The van der Waals surface area contributed by atoms with Gasteiger partial charge in [0.25, 0.3) is 0 Å². The van der Waals surface area contributed by atoms with Gasteiger partial charge in [0.05, 0.1) is 23.0 Å². The Morgan fingerprint density at radius 2 is 1.73 bits per heavy atom. The summed E-state index contributed by atoms with van der Waals surface area (Å²) in [7, 11) is 0. The number of carbonyl (C=O) groups is 3. The highest BCUT2D eigenvalue weighted by atomic mass is 16.5. The lowest BCUT2D eigenvalue weighted by Crippen LogP contribution is -2.36. The van der Waals surface area contributed by atoms with Gasteiger partial charge >= 0.3 is 5.97 Å². The molecule has 0 saturated carbocycles. The number of para-hydroxylation sites is 1. The summed E-state index contributed by atoms with van der Waals surface area (Å²) in [5, 5.41) is 1.01. The molecule has 2 heterocycles. The largest absolute Gasteiger partial charge is 0.458 e. The number of pyridine rings is 1. The molecular formula is C20H18N2O4. The summed E-state index contributed by atoms with van der Waals surface area (Å²) < 4.78 is 5.23. The molecule has 6 heteroatoms. The molecule has 2 aliphatic rings. The Balaban J connectivity index is 1.38. The zero-order valence-corrected chi connectivity index (χ0v) is 14.1. The van der Waals surface area contributed by atoms with Crippen molar-refractivity contribution in [3.63, 3.8) is 0 Å². The molecule has 0 spiro atoms. The van der Waals surface area contributed by atoms with E-state index < -0.39 is 5.97 Å². The highest BCUT2D eigenvalue weighted by molar-refractivity contribution is 6.07. The van der Waals surface area contributed by atoms with Gasteiger partial charge in [0.1, 0.15) is 13.2 Å². The first-order valence-electron chi connectivity index (χ1n) is 8.64. The Hall–Kier alpha value is -3.02. The van der Waals surface area contributed by atoms with E-state index in [9.17, 15) is 14.4 Å². The molecule has 2 atom stereocenters. The summed E-state index contributed by atoms with van der Waals surface area (Å²) in [5.74, 6) is -1.81. The molecule has 1 fully saturated rings. The average Bonchev–Trinajstić information content (AvgIpc) is 2.91. The normalized spacial score (nSPS) is 21.9. The van der Waals surface area contributed by atoms with Crippen molar-refractivity contribution < 1.29 is 19.1 Å². The summed E-state index contributed by atoms with van der Waals surface area (Å²) >= 11 is 0. The number of rotatable bonds is 4. The minimum atomic E-state index is -0.603. The van der Waals surface area contributed by atoms with Crippen LogP contribution in [0, 0.1) is 11.8 Å². The topological polar surface area (TPSA) is 76.6 Å². The maximum atomic E-state index is 12.4. The van der Waals surface area contributed by atoms with Crippen LogP contribution < -0.4 is 0 Å². The summed E-state index contributed by atoms with van der Waals surface area (Å²) in [6.45, 7) is -0.327. The van der Waals surface area contributed by atoms with Crippen LogP contribution >= 0.6 is 0 Å². The molecule has 2 aromatic rings. The first-order chi connectivity index (χ1) is 12.6. The van der Waals surface area contributed by atoms with Crippen LogP contribution in [-0.2, 0) is 25.7 Å². The number of allylic oxidation sites excluding steroid dienone is 2. The van der Waals surface area contributed by atoms with E-state index in [2.05, 4.69) is 4.98 Å². The number of nitrogens with zero attached hydrogens (tertiary/aromatic N) is 2. The van der Waals surface area contributed by atoms with Crippen LogP contribution in [0.2, 0.25) is 0 Å². The quantitative estimate of drug-likeness (QED) is 0.480. The number of hydrogen-bond donors (Lipinski definition) is 0. The van der Waals surface area contributed by atoms with Crippen LogP contribution in [0.15, 0.2) is 48.6 Å². The third-order valence-corrected chi connectivity index (χ3v) is 4.92. The van der Waals surface area contributed by atoms with Gasteiger partial charge in [-0.2, -0.15) is 0 Å². The molecule has 4 rings (SSSR count). The molecule has 0 unspecified atom stereocenters. The third-order valence-electron chi connectivity index (χ3n) is 4.92. The van der Waals surface area contributed by atoms with Gasteiger partial charge in [-0.3, -0.25) is 19.3 Å². The van der Waals surface area contributed by atoms with E-state index in [1.54, 1.807) is 6.07 Å². The highest BCUT2D eigenvalue weighted by Gasteiger charge is 2.47. The Kier molecular flexibility index (Phi) is 4.24. The second-order valence-electron chi connectivity index (χ2n) is 6.57. The minimum absolute atomic E-state index is 0.00824. The number of aromatic nitrogens is 1. The van der Waals surface area contributed by atoms with Crippen molar-refractivity contribution in [1.29, 1.82) is 0 Å². The highest BCUT2D eigenvalue weighted by Crippen LogP contribution is 2.34. The number of imide groups is 1. The van der Waals surface area contributed by atoms with E-state index in [0.717, 1.165) is 15.8 Å². The van der Waals surface area contributed by atoms with Crippen molar-refractivity contribution in [2.24, 2.45) is 11.8 Å². The SMILES string of the molecule is O=C(CN1C(=O)[C@H]2CC=CC[C@H]2C1=O)OCc1ccc2ccccc2n1. The smallest absolute Gasteiger partial charge is 0.326 e. The molecular weight excluding hydrogens is 332 g/mol. The molecule has 0 bridgehead atoms. The molecule has 6 nitrogen and oxygen atoms in total. The molecule has 1 aromatic heterocycles. The second kappa shape index (κ2) is 6.71. The monoisotopic (exact) mass is 350 g/mol. The van der Waals surface area contributed by atoms with Crippen LogP contribution in [-0.4, -0.2) is 34.2 Å². The third kappa shape index (κ3) is 2.98. The van der Waals surface area contributed by atoms with E-state index in [1.807, 2.05) is 42.5 Å². The number of likely N-dealkylation sites (tertiary alicyclic amines) is 1. The molecule has 2 amide bonds. The average molecular weight is 350 g/mol. The Morgan fingerprint density at radius 1 is 1.04 bits per heavy atom. The van der Waals surface area contributed by atoms with Crippen molar-refractivity contribution >= 4 is 28.7 Å². The zero-order chi connectivity index (χ0) is 18.1. The number of carbonyl (C=O) groups excluding carboxylic acids is 3. The summed E-state index contributed by atoms with van der Waals surface area (Å²) in [6, 6.07) is 11.4. The van der Waals surface area contributed by atoms with E-state index in [1.165, 1.54) is 0 Å². The molecule has 1 saturated heterocycles. The van der Waals surface area contributed by atoms with E-state index >= 15 is 0 Å². The Morgan fingerprint density at radius 3 is 2.46 bits per heavy atom. The number of ether oxygens (including phenoxy) is 1. The van der Waals surface area contributed by atoms with Gasteiger partial charge in [-0.1, -0.05) is 36.4 Å². The van der Waals surface area contributed by atoms with Gasteiger partial charge in [-0.25, -0.2) is 4.98 Å². The predicted molar refractivity (Wildman–Crippen MR) is 93.6 cm³/mol. The van der Waals surface area contributed by atoms with Crippen molar-refractivity contribution in [1.82, 2.24) is 9.88 Å². The van der Waals surface area contributed by atoms with E-state index in [0.29, 0.717) is 18.5 Å². The summed E-state index contributed by atoms with van der Waals surface area (Å²) in [5.41, 5.74) is 1.44. The number of benzene rings is 1. The molecule has 1 aliphatic carbocycles. The lowest BCUT2D eigenvalue weighted by molar-refractivity contribution is -0.153. The number of hydrogen-bond acceptors (Lipinski definition) is 5. The van der Waals surface area contributed by atoms with Gasteiger partial charge in [-0.05, 0) is 25.0 Å². The number of amides is 2. The fourth-order valence-electron chi connectivity index (χ4n) is 3.54. The molecule has 0 N–H and O–H groups in total. The van der Waals surface area contributed by atoms with Gasteiger partial charge in [0.2, 0.25) is 11.8 Å². The lowest BCUT2D eigenvalue weighted by Gasteiger charge is -2.14. The summed E-state index contributed by atoms with van der Waals surface area (Å²) in [4.78, 5) is 42.3. The van der Waals surface area contributed by atoms with Gasteiger partial charge in [0.15, 0.2) is 0 Å². The van der Waals surface area contributed by atoms with E-state index in [4.69, 9.17) is 4.74 Å². The van der Waals surface area contributed by atoms with Gasteiger partial charge < -0.3 is 4.74 Å². The first-order valence-corrected chi connectivity index (χ1v) is 8.64. The summed E-state index contributed by atoms with van der Waals surface area (Å²) in [6.07, 6.45) is 4.95. The fourth-order valence-corrected chi connectivity index (χ4v) is 3.54. The molecule has 0 radical (unpaired) electrons. The number of fused-ring (bicyclic) bond motifs is 2. The zero-order valence-electron chi connectivity index (χ0n) is 14.1. The molecule has 1 aromatic carbocycles. The van der Waals surface area contributed by atoms with Crippen molar-refractivity contribution in [3.8, 4) is 0 Å². The Labute approximate surface area is 150 Å². The molecule has 132 valence electrons. The molecule has 26 heavy (non-hydrogen) atoms. The first kappa shape index (κ1) is 16.4. The predicted octanol–water partition coefficient (Wildman–Crippen LogP) is 2.23. The van der Waals surface area contributed by atoms with Crippen LogP contribution in [0.4, 0.5) is 0 Å². The van der Waals surface area contributed by atoms with Gasteiger partial charge in [-0.15, -0.1) is 0 Å². The minimum Gasteiger partial charge on any atom is -0.458 e. The van der Waals surface area contributed by atoms with Crippen molar-refractivity contribution in [3.05, 3.63) is 54.2 Å². The van der Waals surface area contributed by atoms with Crippen molar-refractivity contribution in [2.45, 2.75) is 19.4 Å². The Bertz CT molecular complexity index is 895. The van der Waals surface area contributed by atoms with Crippen LogP contribution in [0.25, 0.3) is 10.9 Å². The van der Waals surface area contributed by atoms with Gasteiger partial charge in [0, 0.05) is 5.39 Å². The standard InChI is InChI=1S/C20H18N2O4/c23-18(11-22-19(24)15-6-2-3-7-16(15)20(22)25)26-12-14-10-9-13-5-1-4-8-17(13)21-14/h1-5,8-10,15-16H,6-7,11-12H2/t15-,16+. The van der Waals surface area contributed by atoms with E-state index in [-0.39, 0.29) is 36.8 Å². The fraction of sp³-hybridized carbons (Fsp3) is 0.300. The second-order valence-corrected chi connectivity index (χ2v) is 6.57. The maximum Gasteiger partial charge on any atom is 0.326 e.